The van der Waals surface area contributed by atoms with Crippen molar-refractivity contribution in [2.24, 2.45) is 5.41 Å². The second kappa shape index (κ2) is 10.2. The average molecular weight is 568 g/mol. The number of fused-ring (bicyclic) bond motifs is 2. The van der Waals surface area contributed by atoms with Gasteiger partial charge in [0.15, 0.2) is 0 Å². The maximum absolute atomic E-state index is 16.4. The molecule has 0 radical (unpaired) electrons. The van der Waals surface area contributed by atoms with E-state index in [1.165, 1.54) is 0 Å². The van der Waals surface area contributed by atoms with Gasteiger partial charge in [-0.05, 0) is 86.6 Å². The first-order chi connectivity index (χ1) is 20.5. The van der Waals surface area contributed by atoms with E-state index in [0.717, 1.165) is 74.1 Å². The summed E-state index contributed by atoms with van der Waals surface area (Å²) < 4.78 is 16.4. The van der Waals surface area contributed by atoms with Crippen molar-refractivity contribution in [2.45, 2.75) is 65.2 Å². The minimum absolute atomic E-state index is 0.136. The second-order valence-electron chi connectivity index (χ2n) is 13.5. The molecule has 0 heterocycles. The average Bonchev–Trinajstić information content (AvgIpc) is 3.11. The predicted octanol–water partition coefficient (Wildman–Crippen LogP) is 11.9. The second-order valence-corrected chi connectivity index (χ2v) is 13.5. The van der Waals surface area contributed by atoms with Gasteiger partial charge in [0.25, 0.3) is 0 Å². The third-order valence-electron chi connectivity index (χ3n) is 10.9. The zero-order valence-electron chi connectivity index (χ0n) is 26.4. The molecule has 0 spiro atoms. The van der Waals surface area contributed by atoms with Gasteiger partial charge in [-0.2, -0.15) is 0 Å². The summed E-state index contributed by atoms with van der Waals surface area (Å²) in [4.78, 5) is 2.34. The summed E-state index contributed by atoms with van der Waals surface area (Å²) in [6.45, 7) is 22.1. The quantitative estimate of drug-likeness (QED) is 0.224. The number of anilines is 2. The van der Waals surface area contributed by atoms with E-state index in [0.29, 0.717) is 0 Å². The Hall–Kier alpha value is -4.17. The van der Waals surface area contributed by atoms with E-state index in [4.69, 9.17) is 0 Å². The van der Waals surface area contributed by atoms with E-state index in [2.05, 4.69) is 132 Å². The molecule has 2 aliphatic carbocycles. The number of para-hydroxylation sites is 1. The first-order valence-electron chi connectivity index (χ1n) is 15.4. The van der Waals surface area contributed by atoms with Crippen LogP contribution in [0.2, 0.25) is 0 Å². The van der Waals surface area contributed by atoms with Crippen LogP contribution in [0, 0.1) is 11.2 Å². The summed E-state index contributed by atoms with van der Waals surface area (Å²) in [7, 11) is 0. The molecule has 0 fully saturated rings. The lowest BCUT2D eigenvalue weighted by atomic mass is 9.59. The molecular formula is C41H42FN. The largest absolute Gasteiger partial charge is 0.310 e. The van der Waals surface area contributed by atoms with Crippen LogP contribution >= 0.6 is 0 Å². The molecule has 4 aromatic rings. The smallest absolute Gasteiger partial charge is 0.127 e. The van der Waals surface area contributed by atoms with Crippen molar-refractivity contribution in [1.82, 2.24) is 0 Å². The van der Waals surface area contributed by atoms with E-state index in [-0.39, 0.29) is 22.1 Å². The fourth-order valence-corrected chi connectivity index (χ4v) is 7.49. The van der Waals surface area contributed by atoms with Crippen LogP contribution in [0.4, 0.5) is 15.8 Å². The van der Waals surface area contributed by atoms with Gasteiger partial charge in [0, 0.05) is 22.3 Å². The van der Waals surface area contributed by atoms with Crippen LogP contribution in [0.3, 0.4) is 0 Å². The number of nitrogens with zero attached hydrogens (tertiary/aromatic N) is 1. The highest BCUT2D eigenvalue weighted by Crippen LogP contribution is 2.62. The van der Waals surface area contributed by atoms with Crippen LogP contribution in [-0.4, -0.2) is 0 Å². The number of hydrogen-bond donors (Lipinski definition) is 0. The summed E-state index contributed by atoms with van der Waals surface area (Å²) in [5, 5.41) is 2.15. The first kappa shape index (κ1) is 28.9. The van der Waals surface area contributed by atoms with Gasteiger partial charge < -0.3 is 4.90 Å². The molecule has 4 aromatic carbocycles. The molecule has 0 unspecified atom stereocenters. The SMILES string of the molecule is C=Cc1c(C=C)c(N(C2=CCCC=C2)c2ccccc2)c2ccccc2c1-c1cc(F)c2c(c1)C(C)(C)C(C)(C)C2(C)C. The number of halogens is 1. The Balaban J connectivity index is 1.72. The maximum atomic E-state index is 16.4. The maximum Gasteiger partial charge on any atom is 0.127 e. The topological polar surface area (TPSA) is 3.24 Å². The zero-order chi connectivity index (χ0) is 30.7. The molecule has 0 bridgehead atoms. The van der Waals surface area contributed by atoms with E-state index in [1.807, 2.05) is 18.2 Å². The number of rotatable bonds is 6. The normalized spacial score (nSPS) is 17.8. The molecule has 0 saturated heterocycles. The molecule has 0 aromatic heterocycles. The molecule has 2 aliphatic rings. The van der Waals surface area contributed by atoms with Gasteiger partial charge >= 0.3 is 0 Å². The molecule has 2 heteroatoms. The molecule has 218 valence electrons. The van der Waals surface area contributed by atoms with Crippen molar-refractivity contribution in [1.29, 1.82) is 0 Å². The van der Waals surface area contributed by atoms with Crippen molar-refractivity contribution < 1.29 is 4.39 Å². The fraction of sp³-hybridized carbons (Fsp3) is 0.268. The first-order valence-corrected chi connectivity index (χ1v) is 15.4. The Morgan fingerprint density at radius 3 is 2.05 bits per heavy atom. The molecule has 0 atom stereocenters. The summed E-state index contributed by atoms with van der Waals surface area (Å²) in [6, 6.07) is 23.0. The molecule has 0 N–H and O–H groups in total. The third kappa shape index (κ3) is 4.10. The fourth-order valence-electron chi connectivity index (χ4n) is 7.49. The monoisotopic (exact) mass is 567 g/mol. The predicted molar refractivity (Wildman–Crippen MR) is 184 cm³/mol. The number of hydrogen-bond acceptors (Lipinski definition) is 1. The molecule has 0 saturated carbocycles. The molecule has 1 nitrogen and oxygen atoms in total. The van der Waals surface area contributed by atoms with Crippen molar-refractivity contribution >= 4 is 34.3 Å². The van der Waals surface area contributed by atoms with Gasteiger partial charge in [0.2, 0.25) is 0 Å². The molecule has 0 amide bonds. The lowest BCUT2D eigenvalue weighted by Gasteiger charge is -2.44. The van der Waals surface area contributed by atoms with E-state index < -0.39 is 0 Å². The number of benzene rings is 4. The Labute approximate surface area is 256 Å². The summed E-state index contributed by atoms with van der Waals surface area (Å²) in [6.07, 6.45) is 12.6. The summed E-state index contributed by atoms with van der Waals surface area (Å²) >= 11 is 0. The van der Waals surface area contributed by atoms with Crippen molar-refractivity contribution in [3.63, 3.8) is 0 Å². The molecule has 0 aliphatic heterocycles. The Morgan fingerprint density at radius 2 is 1.42 bits per heavy atom. The highest BCUT2D eigenvalue weighted by atomic mass is 19.1. The molecule has 43 heavy (non-hydrogen) atoms. The van der Waals surface area contributed by atoms with Gasteiger partial charge in [-0.3, -0.25) is 0 Å². The number of allylic oxidation sites excluding steroid dienone is 3. The summed E-state index contributed by atoms with van der Waals surface area (Å²) in [5.41, 5.74) is 8.31. The molecule has 6 rings (SSSR count). The Kier molecular flexibility index (Phi) is 6.88. The minimum atomic E-state index is -0.314. The highest BCUT2D eigenvalue weighted by molar-refractivity contribution is 6.12. The van der Waals surface area contributed by atoms with Crippen LogP contribution in [0.25, 0.3) is 34.1 Å². The lowest BCUT2D eigenvalue weighted by molar-refractivity contribution is 0.123. The van der Waals surface area contributed by atoms with E-state index in [9.17, 15) is 0 Å². The van der Waals surface area contributed by atoms with Crippen LogP contribution in [0.1, 0.15) is 76.6 Å². The molecular weight excluding hydrogens is 525 g/mol. The zero-order valence-corrected chi connectivity index (χ0v) is 26.4. The van der Waals surface area contributed by atoms with Crippen molar-refractivity contribution in [2.75, 3.05) is 4.90 Å². The third-order valence-corrected chi connectivity index (χ3v) is 10.9. The Bertz CT molecular complexity index is 1830. The highest BCUT2D eigenvalue weighted by Gasteiger charge is 2.58. The van der Waals surface area contributed by atoms with Crippen molar-refractivity contribution in [3.8, 4) is 11.1 Å². The Morgan fingerprint density at radius 1 is 0.767 bits per heavy atom. The van der Waals surface area contributed by atoms with Gasteiger partial charge in [-0.25, -0.2) is 4.39 Å². The van der Waals surface area contributed by atoms with Gasteiger partial charge in [0.1, 0.15) is 5.82 Å². The van der Waals surface area contributed by atoms with Crippen LogP contribution in [0.5, 0.6) is 0 Å². The van der Waals surface area contributed by atoms with Crippen LogP contribution < -0.4 is 4.90 Å². The lowest BCUT2D eigenvalue weighted by Crippen LogP contribution is -2.42. The van der Waals surface area contributed by atoms with Gasteiger partial charge in [-0.15, -0.1) is 0 Å². The van der Waals surface area contributed by atoms with Crippen molar-refractivity contribution in [3.05, 3.63) is 132 Å². The summed E-state index contributed by atoms with van der Waals surface area (Å²) in [5.74, 6) is -0.136. The van der Waals surface area contributed by atoms with Gasteiger partial charge in [-0.1, -0.05) is 128 Å². The van der Waals surface area contributed by atoms with E-state index >= 15 is 4.39 Å². The standard InChI is InChI=1S/C41H42FN/c1-9-30-31(10-2)38(43(28-19-13-11-14-20-28)29-21-15-12-16-22-29)33-24-18-17-23-32(33)36(30)27-25-34-37(35(42)26-27)40(5,6)41(7,8)39(34,3)4/h9-11,13-15,17-26H,1-2,12,16H2,3-8H3. The van der Waals surface area contributed by atoms with Crippen LogP contribution in [-0.2, 0) is 10.8 Å². The minimum Gasteiger partial charge on any atom is -0.310 e. The van der Waals surface area contributed by atoms with Crippen LogP contribution in [0.15, 0.2) is 104 Å². The van der Waals surface area contributed by atoms with Gasteiger partial charge in [0.05, 0.1) is 5.69 Å². The van der Waals surface area contributed by atoms with E-state index in [1.54, 1.807) is 6.07 Å².